The minimum Gasteiger partial charge on any atom is -0.508 e. The van der Waals surface area contributed by atoms with Crippen LogP contribution in [-0.2, 0) is 0 Å². The van der Waals surface area contributed by atoms with Gasteiger partial charge in [0.2, 0.25) is 0 Å². The average Bonchev–Trinajstić information content (AvgIpc) is 2.65. The van der Waals surface area contributed by atoms with Gasteiger partial charge in [0.05, 0.1) is 5.71 Å². The Labute approximate surface area is 153 Å². The first kappa shape index (κ1) is 17.7. The van der Waals surface area contributed by atoms with E-state index in [1.165, 1.54) is 11.1 Å². The summed E-state index contributed by atoms with van der Waals surface area (Å²) in [5.41, 5.74) is 5.75. The molecule has 2 aromatic carbocycles. The second-order valence-corrected chi connectivity index (χ2v) is 6.44. The van der Waals surface area contributed by atoms with Gasteiger partial charge in [-0.3, -0.25) is 4.98 Å². The van der Waals surface area contributed by atoms with E-state index in [9.17, 15) is 10.3 Å². The molecule has 26 heavy (non-hydrogen) atoms. The van der Waals surface area contributed by atoms with E-state index < -0.39 is 0 Å². The van der Waals surface area contributed by atoms with Gasteiger partial charge in [0.25, 0.3) is 0 Å². The Bertz CT molecular complexity index is 917. The fourth-order valence-electron chi connectivity index (χ4n) is 3.23. The number of benzene rings is 2. The first-order valence-corrected chi connectivity index (χ1v) is 8.57. The average molecular weight is 346 g/mol. The van der Waals surface area contributed by atoms with Gasteiger partial charge in [-0.05, 0) is 54.8 Å². The van der Waals surface area contributed by atoms with Crippen LogP contribution in [0.5, 0.6) is 5.75 Å². The summed E-state index contributed by atoms with van der Waals surface area (Å²) in [6.45, 7) is 3.99. The van der Waals surface area contributed by atoms with Crippen LogP contribution < -0.4 is 0 Å². The molecule has 0 saturated heterocycles. The molecule has 3 rings (SSSR count). The second-order valence-electron chi connectivity index (χ2n) is 6.44. The Kier molecular flexibility index (Phi) is 5.32. The quantitative estimate of drug-likeness (QED) is 0.396. The van der Waals surface area contributed by atoms with Crippen LogP contribution in [0.2, 0.25) is 0 Å². The van der Waals surface area contributed by atoms with Gasteiger partial charge in [-0.1, -0.05) is 41.6 Å². The van der Waals surface area contributed by atoms with Gasteiger partial charge in [0.15, 0.2) is 0 Å². The number of rotatable bonds is 5. The van der Waals surface area contributed by atoms with Gasteiger partial charge >= 0.3 is 0 Å². The molecule has 0 spiro atoms. The highest BCUT2D eigenvalue weighted by molar-refractivity contribution is 6.00. The number of hydrogen-bond donors (Lipinski definition) is 2. The third-order valence-electron chi connectivity index (χ3n) is 4.61. The Balaban J connectivity index is 2.03. The SMILES string of the molecule is Cc1cc(/C(C[C@H](c2ccc(O)cc2)c2ccccc2C)=N\O)ccn1. The molecule has 0 bridgehead atoms. The molecule has 0 aliphatic heterocycles. The van der Waals surface area contributed by atoms with Gasteiger partial charge in [-0.15, -0.1) is 0 Å². The van der Waals surface area contributed by atoms with Crippen molar-refractivity contribution in [1.29, 1.82) is 0 Å². The Morgan fingerprint density at radius 3 is 2.42 bits per heavy atom. The third kappa shape index (κ3) is 3.91. The maximum atomic E-state index is 9.65. The number of phenols is 1. The van der Waals surface area contributed by atoms with Gasteiger partial charge in [0.1, 0.15) is 5.75 Å². The normalized spacial score (nSPS) is 12.8. The van der Waals surface area contributed by atoms with Crippen molar-refractivity contribution in [3.05, 3.63) is 94.8 Å². The molecular weight excluding hydrogens is 324 g/mol. The Hall–Kier alpha value is -3.14. The summed E-state index contributed by atoms with van der Waals surface area (Å²) in [6.07, 6.45) is 2.26. The highest BCUT2D eigenvalue weighted by Gasteiger charge is 2.20. The molecule has 1 aromatic heterocycles. The molecule has 132 valence electrons. The summed E-state index contributed by atoms with van der Waals surface area (Å²) < 4.78 is 0. The number of aromatic nitrogens is 1. The molecule has 4 nitrogen and oxygen atoms in total. The number of hydrogen-bond acceptors (Lipinski definition) is 4. The lowest BCUT2D eigenvalue weighted by Crippen LogP contribution is -2.12. The molecule has 4 heteroatoms. The minimum absolute atomic E-state index is 0.0103. The summed E-state index contributed by atoms with van der Waals surface area (Å²) >= 11 is 0. The Morgan fingerprint density at radius 1 is 1.04 bits per heavy atom. The van der Waals surface area contributed by atoms with Crippen LogP contribution >= 0.6 is 0 Å². The lowest BCUT2D eigenvalue weighted by atomic mass is 9.83. The number of pyridine rings is 1. The van der Waals surface area contributed by atoms with E-state index in [0.717, 1.165) is 16.8 Å². The van der Waals surface area contributed by atoms with E-state index in [1.54, 1.807) is 18.3 Å². The van der Waals surface area contributed by atoms with E-state index in [2.05, 4.69) is 29.2 Å². The zero-order valence-electron chi connectivity index (χ0n) is 14.9. The van der Waals surface area contributed by atoms with Crippen LogP contribution in [0, 0.1) is 13.8 Å². The van der Waals surface area contributed by atoms with Crippen molar-refractivity contribution < 1.29 is 10.3 Å². The summed E-state index contributed by atoms with van der Waals surface area (Å²) in [7, 11) is 0. The van der Waals surface area contributed by atoms with Gasteiger partial charge in [-0.25, -0.2) is 0 Å². The molecule has 0 aliphatic carbocycles. The standard InChI is InChI=1S/C22H22N2O2/c1-15-5-3-4-6-20(15)21(17-7-9-19(25)10-8-17)14-22(24-26)18-11-12-23-16(2)13-18/h3-13,21,25-26H,14H2,1-2H3/b24-22-/t21-/m1/s1. The van der Waals surface area contributed by atoms with Crippen molar-refractivity contribution in [3.8, 4) is 5.75 Å². The van der Waals surface area contributed by atoms with Crippen molar-refractivity contribution in [2.75, 3.05) is 0 Å². The summed E-state index contributed by atoms with van der Waals surface area (Å²) in [6, 6.07) is 19.2. The molecule has 2 N–H and O–H groups in total. The summed E-state index contributed by atoms with van der Waals surface area (Å²) in [5, 5.41) is 22.9. The fraction of sp³-hybridized carbons (Fsp3) is 0.182. The van der Waals surface area contributed by atoms with Crippen LogP contribution in [0.4, 0.5) is 0 Å². The van der Waals surface area contributed by atoms with E-state index >= 15 is 0 Å². The van der Waals surface area contributed by atoms with E-state index in [4.69, 9.17) is 0 Å². The van der Waals surface area contributed by atoms with Crippen LogP contribution in [-0.4, -0.2) is 21.0 Å². The zero-order chi connectivity index (χ0) is 18.5. The van der Waals surface area contributed by atoms with Crippen LogP contribution in [0.25, 0.3) is 0 Å². The van der Waals surface area contributed by atoms with Gasteiger partial charge in [0, 0.05) is 29.8 Å². The monoisotopic (exact) mass is 346 g/mol. The lowest BCUT2D eigenvalue weighted by Gasteiger charge is -2.21. The molecule has 3 aromatic rings. The van der Waals surface area contributed by atoms with Crippen molar-refractivity contribution >= 4 is 5.71 Å². The van der Waals surface area contributed by atoms with Crippen LogP contribution in [0.15, 0.2) is 72.0 Å². The van der Waals surface area contributed by atoms with E-state index in [0.29, 0.717) is 12.1 Å². The second kappa shape index (κ2) is 7.83. The number of nitrogens with zero attached hydrogens (tertiary/aromatic N) is 2. The van der Waals surface area contributed by atoms with Gasteiger partial charge in [-0.2, -0.15) is 0 Å². The zero-order valence-corrected chi connectivity index (χ0v) is 14.9. The maximum Gasteiger partial charge on any atom is 0.115 e. The molecule has 0 radical (unpaired) electrons. The van der Waals surface area contributed by atoms with Crippen molar-refractivity contribution in [2.45, 2.75) is 26.2 Å². The van der Waals surface area contributed by atoms with Crippen LogP contribution in [0.3, 0.4) is 0 Å². The topological polar surface area (TPSA) is 65.7 Å². The van der Waals surface area contributed by atoms with Crippen molar-refractivity contribution in [3.63, 3.8) is 0 Å². The number of phenolic OH excluding ortho intramolecular Hbond substituents is 1. The fourth-order valence-corrected chi connectivity index (χ4v) is 3.23. The maximum absolute atomic E-state index is 9.65. The molecule has 0 saturated carbocycles. The number of oxime groups is 1. The van der Waals surface area contributed by atoms with E-state index in [-0.39, 0.29) is 11.7 Å². The van der Waals surface area contributed by atoms with Crippen LogP contribution in [0.1, 0.15) is 40.3 Å². The predicted octanol–water partition coefficient (Wildman–Crippen LogP) is 4.80. The van der Waals surface area contributed by atoms with Crippen molar-refractivity contribution in [2.24, 2.45) is 5.16 Å². The molecular formula is C22H22N2O2. The highest BCUT2D eigenvalue weighted by Crippen LogP contribution is 2.32. The Morgan fingerprint density at radius 2 is 1.77 bits per heavy atom. The van der Waals surface area contributed by atoms with Crippen molar-refractivity contribution in [1.82, 2.24) is 4.98 Å². The minimum atomic E-state index is 0.0103. The molecule has 0 fully saturated rings. The highest BCUT2D eigenvalue weighted by atomic mass is 16.4. The largest absolute Gasteiger partial charge is 0.508 e. The molecule has 1 heterocycles. The predicted molar refractivity (Wildman–Crippen MR) is 103 cm³/mol. The summed E-state index contributed by atoms with van der Waals surface area (Å²) in [4.78, 5) is 4.21. The number of aromatic hydroxyl groups is 1. The molecule has 0 aliphatic rings. The molecule has 1 atom stereocenters. The number of aryl methyl sites for hydroxylation is 2. The molecule has 0 amide bonds. The first-order valence-electron chi connectivity index (χ1n) is 8.57. The first-order chi connectivity index (χ1) is 12.6. The molecule has 0 unspecified atom stereocenters. The lowest BCUT2D eigenvalue weighted by molar-refractivity contribution is 0.317. The van der Waals surface area contributed by atoms with Gasteiger partial charge < -0.3 is 10.3 Å². The third-order valence-corrected chi connectivity index (χ3v) is 4.61. The summed E-state index contributed by atoms with van der Waals surface area (Å²) in [5.74, 6) is 0.245. The van der Waals surface area contributed by atoms with E-state index in [1.807, 2.05) is 43.3 Å². The smallest absolute Gasteiger partial charge is 0.115 e.